The Morgan fingerprint density at radius 3 is 2.24 bits per heavy atom. The van der Waals surface area contributed by atoms with Gasteiger partial charge in [0.15, 0.2) is 0 Å². The van der Waals surface area contributed by atoms with Crippen molar-refractivity contribution in [2.45, 2.75) is 46.2 Å². The minimum Gasteiger partial charge on any atom is -0.354 e. The molecule has 0 aromatic heterocycles. The molecule has 0 aliphatic carbocycles. The van der Waals surface area contributed by atoms with Gasteiger partial charge in [0.2, 0.25) is 11.8 Å². The molecule has 0 fully saturated rings. The Balaban J connectivity index is 2.13. The summed E-state index contributed by atoms with van der Waals surface area (Å²) >= 11 is 6.50. The first-order valence-corrected chi connectivity index (χ1v) is 15.3. The van der Waals surface area contributed by atoms with Gasteiger partial charge >= 0.3 is 10.2 Å². The Bertz CT molecular complexity index is 1450. The van der Waals surface area contributed by atoms with E-state index in [9.17, 15) is 18.0 Å². The van der Waals surface area contributed by atoms with E-state index >= 15 is 0 Å². The lowest BCUT2D eigenvalue weighted by molar-refractivity contribution is -0.140. The van der Waals surface area contributed by atoms with E-state index in [1.54, 1.807) is 31.2 Å². The predicted octanol–water partition coefficient (Wildman–Crippen LogP) is 4.74. The fraction of sp³-hybridized carbons (Fsp3) is 0.355. The van der Waals surface area contributed by atoms with Gasteiger partial charge in [0.1, 0.15) is 12.6 Å². The third-order valence-corrected chi connectivity index (χ3v) is 8.95. The van der Waals surface area contributed by atoms with Crippen molar-refractivity contribution >= 4 is 39.3 Å². The lowest BCUT2D eigenvalue weighted by atomic mass is 10.0. The highest BCUT2D eigenvalue weighted by Crippen LogP contribution is 2.27. The molecule has 220 valence electrons. The normalized spacial score (nSPS) is 12.2. The Labute approximate surface area is 249 Å². The van der Waals surface area contributed by atoms with Crippen LogP contribution < -0.4 is 9.62 Å². The Morgan fingerprint density at radius 1 is 0.951 bits per heavy atom. The van der Waals surface area contributed by atoms with Gasteiger partial charge in [0.05, 0.1) is 5.69 Å². The van der Waals surface area contributed by atoms with Crippen LogP contribution in [0.3, 0.4) is 0 Å². The van der Waals surface area contributed by atoms with Crippen LogP contribution in [0.5, 0.6) is 0 Å². The van der Waals surface area contributed by atoms with Crippen molar-refractivity contribution in [1.82, 2.24) is 14.5 Å². The van der Waals surface area contributed by atoms with Crippen molar-refractivity contribution < 1.29 is 18.0 Å². The SMILES string of the molecule is CCCNC(=O)[C@H](Cc1ccccc1)N(Cc1ccccc1Cl)C(=O)CN(c1cc(C)ccc1C)S(=O)(=O)N(C)C. The molecule has 3 aromatic carbocycles. The summed E-state index contributed by atoms with van der Waals surface area (Å²) in [6.45, 7) is 5.59. The summed E-state index contributed by atoms with van der Waals surface area (Å²) in [6.07, 6.45) is 0.972. The predicted molar refractivity (Wildman–Crippen MR) is 165 cm³/mol. The molecule has 1 N–H and O–H groups in total. The molecule has 8 nitrogen and oxygen atoms in total. The average Bonchev–Trinajstić information content (AvgIpc) is 2.94. The summed E-state index contributed by atoms with van der Waals surface area (Å²) in [7, 11) is -1.21. The van der Waals surface area contributed by atoms with Crippen LogP contribution in [-0.4, -0.2) is 62.7 Å². The van der Waals surface area contributed by atoms with Crippen LogP contribution >= 0.6 is 11.6 Å². The quantitative estimate of drug-likeness (QED) is 0.308. The molecule has 0 saturated heterocycles. The van der Waals surface area contributed by atoms with E-state index in [0.717, 1.165) is 26.2 Å². The number of carbonyl (C=O) groups excluding carboxylic acids is 2. The fourth-order valence-electron chi connectivity index (χ4n) is 4.42. The Hall–Kier alpha value is -3.40. The van der Waals surface area contributed by atoms with Gasteiger partial charge in [-0.05, 0) is 54.7 Å². The molecule has 2 amide bonds. The lowest BCUT2D eigenvalue weighted by Crippen LogP contribution is -2.54. The third-order valence-electron chi connectivity index (χ3n) is 6.77. The van der Waals surface area contributed by atoms with Crippen molar-refractivity contribution in [3.8, 4) is 0 Å². The Morgan fingerprint density at radius 2 is 1.61 bits per heavy atom. The molecule has 0 heterocycles. The van der Waals surface area contributed by atoms with Crippen molar-refractivity contribution in [2.75, 3.05) is 31.5 Å². The number of benzene rings is 3. The van der Waals surface area contributed by atoms with Gasteiger partial charge in [-0.3, -0.25) is 9.59 Å². The number of hydrogen-bond donors (Lipinski definition) is 1. The number of nitrogens with zero attached hydrogens (tertiary/aromatic N) is 3. The molecule has 41 heavy (non-hydrogen) atoms. The molecule has 3 rings (SSSR count). The molecule has 0 bridgehead atoms. The van der Waals surface area contributed by atoms with Gasteiger partial charge in [-0.15, -0.1) is 0 Å². The standard InChI is InChI=1S/C31H39ClN4O4S/c1-6-18-33-31(38)29(20-25-12-8-7-9-13-25)35(21-26-14-10-11-15-27(26)32)30(37)22-36(41(39,40)34(4)5)28-19-23(2)16-17-24(28)3/h7-17,19,29H,6,18,20-22H2,1-5H3,(H,33,38)/t29-/m0/s1. The summed E-state index contributed by atoms with van der Waals surface area (Å²) in [5, 5.41) is 3.38. The lowest BCUT2D eigenvalue weighted by Gasteiger charge is -2.35. The number of nitrogens with one attached hydrogen (secondary N) is 1. The number of halogens is 1. The highest BCUT2D eigenvalue weighted by molar-refractivity contribution is 7.90. The van der Waals surface area contributed by atoms with Crippen LogP contribution in [0.25, 0.3) is 0 Å². The molecular weight excluding hydrogens is 560 g/mol. The molecule has 0 radical (unpaired) electrons. The molecule has 10 heteroatoms. The number of anilines is 1. The first kappa shape index (κ1) is 32.1. The zero-order valence-electron chi connectivity index (χ0n) is 24.3. The minimum atomic E-state index is -4.07. The van der Waals surface area contributed by atoms with E-state index in [2.05, 4.69) is 5.32 Å². The molecular formula is C31H39ClN4O4S. The first-order valence-electron chi connectivity index (χ1n) is 13.6. The van der Waals surface area contributed by atoms with E-state index in [1.165, 1.54) is 19.0 Å². The van der Waals surface area contributed by atoms with Crippen molar-refractivity contribution in [3.05, 3.63) is 100 Å². The maximum Gasteiger partial charge on any atom is 0.304 e. The second-order valence-electron chi connectivity index (χ2n) is 10.2. The van der Waals surface area contributed by atoms with Gasteiger partial charge in [0, 0.05) is 38.6 Å². The van der Waals surface area contributed by atoms with Crippen LogP contribution in [0, 0.1) is 13.8 Å². The number of carbonyl (C=O) groups is 2. The van der Waals surface area contributed by atoms with Crippen LogP contribution in [0.15, 0.2) is 72.8 Å². The maximum absolute atomic E-state index is 14.3. The summed E-state index contributed by atoms with van der Waals surface area (Å²) in [4.78, 5) is 29.4. The Kier molecular flexibility index (Phi) is 11.3. The zero-order valence-corrected chi connectivity index (χ0v) is 25.9. The zero-order chi connectivity index (χ0) is 30.2. The van der Waals surface area contributed by atoms with E-state index in [1.807, 2.05) is 62.4 Å². The molecule has 0 aliphatic rings. The number of rotatable bonds is 13. The van der Waals surface area contributed by atoms with E-state index in [-0.39, 0.29) is 18.9 Å². The topological polar surface area (TPSA) is 90.0 Å². The first-order chi connectivity index (χ1) is 19.4. The molecule has 0 saturated carbocycles. The van der Waals surface area contributed by atoms with Crippen LogP contribution in [0.2, 0.25) is 5.02 Å². The second kappa shape index (κ2) is 14.5. The number of hydrogen-bond acceptors (Lipinski definition) is 4. The van der Waals surface area contributed by atoms with Crippen molar-refractivity contribution in [1.29, 1.82) is 0 Å². The van der Waals surface area contributed by atoms with Gasteiger partial charge in [-0.1, -0.05) is 79.2 Å². The summed E-state index contributed by atoms with van der Waals surface area (Å²) in [6, 6.07) is 21.1. The summed E-state index contributed by atoms with van der Waals surface area (Å²) < 4.78 is 29.4. The maximum atomic E-state index is 14.3. The highest BCUT2D eigenvalue weighted by Gasteiger charge is 2.35. The van der Waals surface area contributed by atoms with Crippen molar-refractivity contribution in [3.63, 3.8) is 0 Å². The minimum absolute atomic E-state index is 0.0260. The molecule has 3 aromatic rings. The largest absolute Gasteiger partial charge is 0.354 e. The van der Waals surface area contributed by atoms with Gasteiger partial charge < -0.3 is 10.2 Å². The monoisotopic (exact) mass is 598 g/mol. The third kappa shape index (κ3) is 8.31. The molecule has 0 spiro atoms. The fourth-order valence-corrected chi connectivity index (χ4v) is 5.73. The van der Waals surface area contributed by atoms with Gasteiger partial charge in [-0.25, -0.2) is 4.31 Å². The van der Waals surface area contributed by atoms with E-state index < -0.39 is 28.7 Å². The van der Waals surface area contributed by atoms with Crippen LogP contribution in [0.1, 0.15) is 35.6 Å². The average molecular weight is 599 g/mol. The number of aryl methyl sites for hydroxylation is 2. The van der Waals surface area contributed by atoms with E-state index in [4.69, 9.17) is 11.6 Å². The summed E-state index contributed by atoms with van der Waals surface area (Å²) in [5.74, 6) is -0.839. The smallest absolute Gasteiger partial charge is 0.304 e. The molecule has 0 unspecified atom stereocenters. The van der Waals surface area contributed by atoms with Crippen molar-refractivity contribution in [2.24, 2.45) is 0 Å². The summed E-state index contributed by atoms with van der Waals surface area (Å²) in [5.41, 5.74) is 3.48. The highest BCUT2D eigenvalue weighted by atomic mass is 35.5. The van der Waals surface area contributed by atoms with Gasteiger partial charge in [-0.2, -0.15) is 12.7 Å². The van der Waals surface area contributed by atoms with Crippen LogP contribution in [-0.2, 0) is 32.8 Å². The second-order valence-corrected chi connectivity index (χ2v) is 12.7. The van der Waals surface area contributed by atoms with Crippen LogP contribution in [0.4, 0.5) is 5.69 Å². The molecule has 1 atom stereocenters. The van der Waals surface area contributed by atoms with Gasteiger partial charge in [0.25, 0.3) is 0 Å². The number of amides is 2. The molecule has 0 aliphatic heterocycles. The van der Waals surface area contributed by atoms with E-state index in [0.29, 0.717) is 28.4 Å².